The van der Waals surface area contributed by atoms with Crippen molar-refractivity contribution in [2.24, 2.45) is 0 Å². The average molecular weight is 371 g/mol. The largest absolute Gasteiger partial charge is 0.477 e. The van der Waals surface area contributed by atoms with Gasteiger partial charge in [0.05, 0.1) is 11.4 Å². The van der Waals surface area contributed by atoms with E-state index in [4.69, 9.17) is 10.8 Å². The number of nitrogens with one attached hydrogen (secondary N) is 1. The summed E-state index contributed by atoms with van der Waals surface area (Å²) in [4.78, 5) is 15.3. The van der Waals surface area contributed by atoms with Crippen molar-refractivity contribution in [2.75, 3.05) is 5.73 Å². The van der Waals surface area contributed by atoms with Gasteiger partial charge < -0.3 is 10.8 Å². The lowest BCUT2D eigenvalue weighted by atomic mass is 9.99. The minimum absolute atomic E-state index is 0.0411. The second kappa shape index (κ2) is 6.69. The molecule has 0 saturated heterocycles. The zero-order valence-corrected chi connectivity index (χ0v) is 14.4. The van der Waals surface area contributed by atoms with Crippen LogP contribution in [-0.2, 0) is 0 Å². The number of nitrogens with zero attached hydrogens (tertiary/aromatic N) is 5. The van der Waals surface area contributed by atoms with E-state index in [1.165, 1.54) is 6.07 Å². The molecule has 3 heterocycles. The summed E-state index contributed by atoms with van der Waals surface area (Å²) in [7, 11) is 0. The normalized spacial score (nSPS) is 10.5. The van der Waals surface area contributed by atoms with Crippen molar-refractivity contribution < 1.29 is 9.90 Å². The molecule has 4 rings (SSSR count). The number of hydrogen-bond donors (Lipinski definition) is 3. The van der Waals surface area contributed by atoms with Gasteiger partial charge >= 0.3 is 5.97 Å². The van der Waals surface area contributed by atoms with Crippen LogP contribution >= 0.6 is 0 Å². The predicted molar refractivity (Wildman–Crippen MR) is 100 cm³/mol. The van der Waals surface area contributed by atoms with Gasteiger partial charge in [0.25, 0.3) is 0 Å². The summed E-state index contributed by atoms with van der Waals surface area (Å²) in [5, 5.41) is 29.3. The van der Waals surface area contributed by atoms with Crippen LogP contribution in [0.4, 0.5) is 5.82 Å². The van der Waals surface area contributed by atoms with Crippen LogP contribution in [0.15, 0.2) is 54.9 Å². The Labute approximate surface area is 158 Å². The summed E-state index contributed by atoms with van der Waals surface area (Å²) in [6.07, 6.45) is 3.49. The quantitative estimate of drug-likeness (QED) is 0.499. The standard InChI is InChI=1S/C19H13N7O2/c20-10-14-13(11-3-1-4-12(7-11)26-6-2-5-22-26)8-15(23-18(14)21)16-9-17(19(27)28)25-24-16/h1-9H,(H2,21,23)(H,24,25)(H,27,28). The molecule has 0 spiro atoms. The number of anilines is 1. The van der Waals surface area contributed by atoms with Gasteiger partial charge in [-0.1, -0.05) is 12.1 Å². The minimum Gasteiger partial charge on any atom is -0.477 e. The third-order valence-electron chi connectivity index (χ3n) is 4.16. The fourth-order valence-electron chi connectivity index (χ4n) is 2.84. The first kappa shape index (κ1) is 17.0. The topological polar surface area (TPSA) is 146 Å². The van der Waals surface area contributed by atoms with E-state index in [-0.39, 0.29) is 17.1 Å². The highest BCUT2D eigenvalue weighted by Crippen LogP contribution is 2.31. The smallest absolute Gasteiger partial charge is 0.353 e. The van der Waals surface area contributed by atoms with Gasteiger partial charge in [-0.05, 0) is 29.8 Å². The highest BCUT2D eigenvalue weighted by molar-refractivity contribution is 5.87. The maximum absolute atomic E-state index is 11.1. The van der Waals surface area contributed by atoms with Crippen LogP contribution in [0.25, 0.3) is 28.2 Å². The van der Waals surface area contributed by atoms with Gasteiger partial charge in [-0.15, -0.1) is 0 Å². The van der Waals surface area contributed by atoms with Crippen molar-refractivity contribution in [3.05, 3.63) is 66.1 Å². The maximum atomic E-state index is 11.1. The summed E-state index contributed by atoms with van der Waals surface area (Å²) in [6.45, 7) is 0. The lowest BCUT2D eigenvalue weighted by Gasteiger charge is -2.10. The van der Waals surface area contributed by atoms with Crippen molar-refractivity contribution in [3.63, 3.8) is 0 Å². The van der Waals surface area contributed by atoms with E-state index in [9.17, 15) is 10.1 Å². The molecule has 0 radical (unpaired) electrons. The minimum atomic E-state index is -1.13. The number of aromatic amines is 1. The van der Waals surface area contributed by atoms with E-state index in [2.05, 4.69) is 26.3 Å². The molecule has 9 heteroatoms. The number of aromatic carboxylic acids is 1. The first-order valence-electron chi connectivity index (χ1n) is 8.17. The van der Waals surface area contributed by atoms with Gasteiger partial charge in [-0.25, -0.2) is 14.5 Å². The van der Waals surface area contributed by atoms with Gasteiger partial charge in [-0.2, -0.15) is 15.5 Å². The van der Waals surface area contributed by atoms with E-state index >= 15 is 0 Å². The zero-order chi connectivity index (χ0) is 19.7. The third kappa shape index (κ3) is 2.95. The van der Waals surface area contributed by atoms with E-state index in [0.29, 0.717) is 17.0 Å². The van der Waals surface area contributed by atoms with Gasteiger partial charge in [-0.3, -0.25) is 5.10 Å². The van der Waals surface area contributed by atoms with Crippen LogP contribution in [0.5, 0.6) is 0 Å². The van der Waals surface area contributed by atoms with E-state index < -0.39 is 5.97 Å². The number of hydrogen-bond acceptors (Lipinski definition) is 6. The van der Waals surface area contributed by atoms with E-state index in [1.54, 1.807) is 16.9 Å². The molecule has 0 fully saturated rings. The Bertz CT molecular complexity index is 1220. The third-order valence-corrected chi connectivity index (χ3v) is 4.16. The summed E-state index contributed by atoms with van der Waals surface area (Å²) < 4.78 is 1.70. The van der Waals surface area contributed by atoms with Crippen LogP contribution in [-0.4, -0.2) is 36.0 Å². The molecule has 0 aliphatic rings. The molecule has 4 aromatic rings. The molecule has 0 atom stereocenters. The van der Waals surface area contributed by atoms with Crippen LogP contribution in [0.3, 0.4) is 0 Å². The number of pyridine rings is 1. The lowest BCUT2D eigenvalue weighted by molar-refractivity contribution is 0.0690. The van der Waals surface area contributed by atoms with Crippen molar-refractivity contribution in [1.29, 1.82) is 5.26 Å². The van der Waals surface area contributed by atoms with Gasteiger partial charge in [0, 0.05) is 24.0 Å². The molecule has 3 aromatic heterocycles. The summed E-state index contributed by atoms with van der Waals surface area (Å²) in [5.74, 6) is -1.09. The van der Waals surface area contributed by atoms with Crippen LogP contribution < -0.4 is 5.73 Å². The number of rotatable bonds is 4. The molecule has 0 aliphatic carbocycles. The zero-order valence-electron chi connectivity index (χ0n) is 14.4. The molecule has 0 unspecified atom stereocenters. The number of nitrogen functional groups attached to an aromatic ring is 1. The van der Waals surface area contributed by atoms with Gasteiger partial charge in [0.1, 0.15) is 28.8 Å². The molecular formula is C19H13N7O2. The fourth-order valence-corrected chi connectivity index (χ4v) is 2.84. The molecule has 0 bridgehead atoms. The fraction of sp³-hybridized carbons (Fsp3) is 0. The molecule has 136 valence electrons. The number of carboxylic acids is 1. The van der Waals surface area contributed by atoms with Crippen molar-refractivity contribution in [2.45, 2.75) is 0 Å². The Kier molecular flexibility index (Phi) is 4.06. The Morgan fingerprint density at radius 3 is 2.75 bits per heavy atom. The number of H-pyrrole nitrogens is 1. The monoisotopic (exact) mass is 371 g/mol. The Morgan fingerprint density at radius 1 is 1.21 bits per heavy atom. The average Bonchev–Trinajstić information content (AvgIpc) is 3.39. The van der Waals surface area contributed by atoms with E-state index in [1.807, 2.05) is 36.5 Å². The first-order valence-corrected chi connectivity index (χ1v) is 8.17. The van der Waals surface area contributed by atoms with Gasteiger partial charge in [0.2, 0.25) is 0 Å². The predicted octanol–water partition coefficient (Wildman–Crippen LogP) is 2.48. The summed E-state index contributed by atoms with van der Waals surface area (Å²) in [6, 6.07) is 14.4. The highest BCUT2D eigenvalue weighted by Gasteiger charge is 2.17. The lowest BCUT2D eigenvalue weighted by Crippen LogP contribution is -2.00. The molecule has 4 N–H and O–H groups in total. The molecule has 1 aromatic carbocycles. The first-order chi connectivity index (χ1) is 13.6. The Hall–Kier alpha value is -4.45. The molecule has 28 heavy (non-hydrogen) atoms. The number of nitrogens with two attached hydrogens (primary N) is 1. The van der Waals surface area contributed by atoms with Crippen molar-refractivity contribution >= 4 is 11.8 Å². The number of carboxylic acid groups (broad SMARTS) is 1. The number of benzene rings is 1. The SMILES string of the molecule is N#Cc1c(-c2cccc(-n3cccn3)c2)cc(-c2cc(C(=O)O)[nH]n2)nc1N. The summed E-state index contributed by atoms with van der Waals surface area (Å²) >= 11 is 0. The number of nitriles is 1. The maximum Gasteiger partial charge on any atom is 0.353 e. The van der Waals surface area contributed by atoms with Crippen molar-refractivity contribution in [3.8, 4) is 34.3 Å². The Morgan fingerprint density at radius 2 is 2.07 bits per heavy atom. The molecule has 9 nitrogen and oxygen atoms in total. The van der Waals surface area contributed by atoms with Crippen LogP contribution in [0.1, 0.15) is 16.1 Å². The number of aromatic nitrogens is 5. The van der Waals surface area contributed by atoms with E-state index in [0.717, 1.165) is 11.3 Å². The van der Waals surface area contributed by atoms with Crippen LogP contribution in [0, 0.1) is 11.3 Å². The van der Waals surface area contributed by atoms with Crippen molar-refractivity contribution in [1.82, 2.24) is 25.0 Å². The molecule has 0 amide bonds. The molecule has 0 saturated carbocycles. The highest BCUT2D eigenvalue weighted by atomic mass is 16.4. The molecular weight excluding hydrogens is 358 g/mol. The summed E-state index contributed by atoms with van der Waals surface area (Å²) in [5.41, 5.74) is 8.97. The second-order valence-corrected chi connectivity index (χ2v) is 5.90. The number of carbonyl (C=O) groups is 1. The van der Waals surface area contributed by atoms with Gasteiger partial charge in [0.15, 0.2) is 0 Å². The van der Waals surface area contributed by atoms with Crippen LogP contribution in [0.2, 0.25) is 0 Å². The second-order valence-electron chi connectivity index (χ2n) is 5.90. The molecule has 0 aliphatic heterocycles. The Balaban J connectivity index is 1.86.